The molecular formula is C11H14N2O2S. The van der Waals surface area contributed by atoms with E-state index in [9.17, 15) is 5.11 Å². The van der Waals surface area contributed by atoms with Crippen molar-refractivity contribution in [2.24, 2.45) is 5.73 Å². The fourth-order valence-electron chi connectivity index (χ4n) is 1.37. The zero-order valence-corrected chi connectivity index (χ0v) is 9.83. The Hall–Kier alpha value is -1.17. The Morgan fingerprint density at radius 1 is 1.56 bits per heavy atom. The largest absolute Gasteiger partial charge is 0.460 e. The lowest BCUT2D eigenvalue weighted by Crippen LogP contribution is -2.21. The molecule has 5 heteroatoms. The SMILES string of the molecule is Cc1ccc(-c2csc(CC(O)CN)n2)o1. The van der Waals surface area contributed by atoms with Gasteiger partial charge in [-0.25, -0.2) is 4.98 Å². The van der Waals surface area contributed by atoms with Crippen LogP contribution in [-0.4, -0.2) is 22.7 Å². The highest BCUT2D eigenvalue weighted by molar-refractivity contribution is 7.09. The topological polar surface area (TPSA) is 72.3 Å². The van der Waals surface area contributed by atoms with Gasteiger partial charge in [-0.2, -0.15) is 0 Å². The molecule has 4 nitrogen and oxygen atoms in total. The number of furan rings is 1. The molecule has 0 bridgehead atoms. The molecule has 0 saturated carbocycles. The van der Waals surface area contributed by atoms with Gasteiger partial charge in [0.05, 0.1) is 11.1 Å². The number of rotatable bonds is 4. The number of hydrogen-bond acceptors (Lipinski definition) is 5. The minimum Gasteiger partial charge on any atom is -0.460 e. The van der Waals surface area contributed by atoms with E-state index in [1.54, 1.807) is 0 Å². The molecule has 0 aromatic carbocycles. The highest BCUT2D eigenvalue weighted by Gasteiger charge is 2.10. The maximum absolute atomic E-state index is 9.41. The summed E-state index contributed by atoms with van der Waals surface area (Å²) in [4.78, 5) is 4.39. The number of aromatic nitrogens is 1. The van der Waals surface area contributed by atoms with E-state index in [1.807, 2.05) is 24.4 Å². The van der Waals surface area contributed by atoms with Crippen molar-refractivity contribution in [3.05, 3.63) is 28.3 Å². The third-order valence-electron chi connectivity index (χ3n) is 2.23. The Morgan fingerprint density at radius 2 is 2.38 bits per heavy atom. The molecule has 2 heterocycles. The second kappa shape index (κ2) is 4.78. The van der Waals surface area contributed by atoms with Crippen LogP contribution in [0.15, 0.2) is 21.9 Å². The van der Waals surface area contributed by atoms with Crippen LogP contribution in [0.4, 0.5) is 0 Å². The fourth-order valence-corrected chi connectivity index (χ4v) is 2.23. The van der Waals surface area contributed by atoms with E-state index >= 15 is 0 Å². The Kier molecular flexibility index (Phi) is 3.38. The predicted molar refractivity (Wildman–Crippen MR) is 63.3 cm³/mol. The molecule has 16 heavy (non-hydrogen) atoms. The lowest BCUT2D eigenvalue weighted by atomic mass is 10.2. The van der Waals surface area contributed by atoms with Crippen LogP contribution in [0.1, 0.15) is 10.8 Å². The van der Waals surface area contributed by atoms with E-state index in [1.165, 1.54) is 11.3 Å². The minimum absolute atomic E-state index is 0.259. The van der Waals surface area contributed by atoms with Gasteiger partial charge in [-0.15, -0.1) is 11.3 Å². The molecule has 0 fully saturated rings. The summed E-state index contributed by atoms with van der Waals surface area (Å²) in [5, 5.41) is 12.2. The maximum Gasteiger partial charge on any atom is 0.153 e. The first-order valence-corrected chi connectivity index (χ1v) is 5.96. The summed E-state index contributed by atoms with van der Waals surface area (Å²) in [6, 6.07) is 3.80. The van der Waals surface area contributed by atoms with Crippen LogP contribution in [0.2, 0.25) is 0 Å². The van der Waals surface area contributed by atoms with Crippen LogP contribution in [0.25, 0.3) is 11.5 Å². The number of aliphatic hydroxyl groups excluding tert-OH is 1. The van der Waals surface area contributed by atoms with Gasteiger partial charge in [0, 0.05) is 18.3 Å². The third-order valence-corrected chi connectivity index (χ3v) is 3.10. The van der Waals surface area contributed by atoms with Crippen molar-refractivity contribution in [1.29, 1.82) is 0 Å². The van der Waals surface area contributed by atoms with Crippen LogP contribution in [0, 0.1) is 6.92 Å². The predicted octanol–water partition coefficient (Wildman–Crippen LogP) is 1.57. The molecule has 1 atom stereocenters. The van der Waals surface area contributed by atoms with E-state index in [-0.39, 0.29) is 6.54 Å². The van der Waals surface area contributed by atoms with Crippen molar-refractivity contribution < 1.29 is 9.52 Å². The number of aryl methyl sites for hydroxylation is 1. The Balaban J connectivity index is 2.13. The number of aliphatic hydroxyl groups is 1. The number of thiazole rings is 1. The first-order valence-electron chi connectivity index (χ1n) is 5.08. The molecule has 0 amide bonds. The van der Waals surface area contributed by atoms with Gasteiger partial charge in [0.1, 0.15) is 11.5 Å². The average molecular weight is 238 g/mol. The lowest BCUT2D eigenvalue weighted by molar-refractivity contribution is 0.183. The van der Waals surface area contributed by atoms with E-state index < -0.39 is 6.10 Å². The van der Waals surface area contributed by atoms with Crippen molar-refractivity contribution in [2.75, 3.05) is 6.54 Å². The molecule has 0 radical (unpaired) electrons. The van der Waals surface area contributed by atoms with Crippen molar-refractivity contribution in [2.45, 2.75) is 19.4 Å². The standard InChI is InChI=1S/C11H14N2O2S/c1-7-2-3-10(15-7)9-6-16-11(13-9)4-8(14)5-12/h2-3,6,8,14H,4-5,12H2,1H3. The molecule has 2 aromatic heterocycles. The monoisotopic (exact) mass is 238 g/mol. The van der Waals surface area contributed by atoms with Crippen molar-refractivity contribution in [1.82, 2.24) is 4.98 Å². The number of hydrogen-bond donors (Lipinski definition) is 2. The van der Waals surface area contributed by atoms with Gasteiger partial charge in [0.25, 0.3) is 0 Å². The summed E-state index contributed by atoms with van der Waals surface area (Å²) in [5.74, 6) is 1.63. The Labute approximate surface area is 97.7 Å². The molecule has 1 unspecified atom stereocenters. The number of nitrogens with two attached hydrogens (primary N) is 1. The van der Waals surface area contributed by atoms with Gasteiger partial charge in [-0.3, -0.25) is 0 Å². The molecule has 0 spiro atoms. The van der Waals surface area contributed by atoms with Gasteiger partial charge >= 0.3 is 0 Å². The van der Waals surface area contributed by atoms with Crippen LogP contribution in [0.5, 0.6) is 0 Å². The van der Waals surface area contributed by atoms with Crippen LogP contribution in [0.3, 0.4) is 0 Å². The molecular weight excluding hydrogens is 224 g/mol. The zero-order chi connectivity index (χ0) is 11.5. The molecule has 2 aromatic rings. The maximum atomic E-state index is 9.41. The molecule has 0 aliphatic heterocycles. The second-order valence-corrected chi connectivity index (χ2v) is 4.57. The molecule has 0 saturated heterocycles. The van der Waals surface area contributed by atoms with E-state index in [4.69, 9.17) is 10.2 Å². The normalized spacial score (nSPS) is 12.9. The number of nitrogens with zero attached hydrogens (tertiary/aromatic N) is 1. The minimum atomic E-state index is -0.516. The summed E-state index contributed by atoms with van der Waals surface area (Å²) in [6.45, 7) is 2.16. The van der Waals surface area contributed by atoms with Crippen LogP contribution < -0.4 is 5.73 Å². The summed E-state index contributed by atoms with van der Waals surface area (Å²) in [6.07, 6.45) is -0.0155. The molecule has 86 valence electrons. The van der Waals surface area contributed by atoms with Gasteiger partial charge in [-0.05, 0) is 19.1 Å². The molecule has 2 rings (SSSR count). The first-order chi connectivity index (χ1) is 7.69. The first kappa shape index (κ1) is 11.3. The third kappa shape index (κ3) is 2.49. The van der Waals surface area contributed by atoms with E-state index in [2.05, 4.69) is 4.98 Å². The van der Waals surface area contributed by atoms with Gasteiger partial charge in [-0.1, -0.05) is 0 Å². The fraction of sp³-hybridized carbons (Fsp3) is 0.364. The summed E-state index contributed by atoms with van der Waals surface area (Å²) < 4.78 is 5.47. The Morgan fingerprint density at radius 3 is 3.00 bits per heavy atom. The summed E-state index contributed by atoms with van der Waals surface area (Å²) in [5.41, 5.74) is 6.17. The molecule has 0 aliphatic carbocycles. The van der Waals surface area contributed by atoms with Crippen molar-refractivity contribution in [3.8, 4) is 11.5 Å². The Bertz CT molecular complexity index is 464. The van der Waals surface area contributed by atoms with Gasteiger partial charge in [0.15, 0.2) is 5.76 Å². The quantitative estimate of drug-likeness (QED) is 0.848. The summed E-state index contributed by atoms with van der Waals surface area (Å²) in [7, 11) is 0. The highest BCUT2D eigenvalue weighted by Crippen LogP contribution is 2.24. The van der Waals surface area contributed by atoms with E-state index in [0.717, 1.165) is 22.2 Å². The van der Waals surface area contributed by atoms with Crippen LogP contribution >= 0.6 is 11.3 Å². The highest BCUT2D eigenvalue weighted by atomic mass is 32.1. The van der Waals surface area contributed by atoms with E-state index in [0.29, 0.717) is 6.42 Å². The smallest absolute Gasteiger partial charge is 0.153 e. The average Bonchev–Trinajstić information content (AvgIpc) is 2.87. The van der Waals surface area contributed by atoms with Crippen molar-refractivity contribution in [3.63, 3.8) is 0 Å². The molecule has 3 N–H and O–H groups in total. The molecule has 0 aliphatic rings. The van der Waals surface area contributed by atoms with Crippen molar-refractivity contribution >= 4 is 11.3 Å². The van der Waals surface area contributed by atoms with Gasteiger partial charge in [0.2, 0.25) is 0 Å². The summed E-state index contributed by atoms with van der Waals surface area (Å²) >= 11 is 1.51. The lowest BCUT2D eigenvalue weighted by Gasteiger charge is -2.02. The van der Waals surface area contributed by atoms with Crippen LogP contribution in [-0.2, 0) is 6.42 Å². The van der Waals surface area contributed by atoms with Gasteiger partial charge < -0.3 is 15.3 Å². The zero-order valence-electron chi connectivity index (χ0n) is 9.01. The second-order valence-electron chi connectivity index (χ2n) is 3.63.